The predicted molar refractivity (Wildman–Crippen MR) is 86.2 cm³/mol. The van der Waals surface area contributed by atoms with Crippen LogP contribution in [0.25, 0.3) is 0 Å². The molecule has 0 radical (unpaired) electrons. The lowest BCUT2D eigenvalue weighted by molar-refractivity contribution is -0.141. The van der Waals surface area contributed by atoms with Crippen LogP contribution in [0.1, 0.15) is 50.3 Å². The van der Waals surface area contributed by atoms with Crippen LogP contribution < -0.4 is 5.32 Å². The van der Waals surface area contributed by atoms with E-state index in [4.69, 9.17) is 9.52 Å². The maximum absolute atomic E-state index is 12.4. The fourth-order valence-corrected chi connectivity index (χ4v) is 3.14. The van der Waals surface area contributed by atoms with Gasteiger partial charge >= 0.3 is 12.0 Å². The molecule has 2 unspecified atom stereocenters. The van der Waals surface area contributed by atoms with Crippen LogP contribution in [0.15, 0.2) is 10.5 Å². The van der Waals surface area contributed by atoms with E-state index in [0.717, 1.165) is 29.9 Å². The number of hydrogen-bond donors (Lipinski definition) is 2. The van der Waals surface area contributed by atoms with E-state index in [-0.39, 0.29) is 24.0 Å². The molecule has 0 saturated heterocycles. The quantitative estimate of drug-likeness (QED) is 0.893. The number of amides is 2. The first-order valence-corrected chi connectivity index (χ1v) is 7.93. The van der Waals surface area contributed by atoms with Gasteiger partial charge in [-0.2, -0.15) is 0 Å². The van der Waals surface area contributed by atoms with Crippen LogP contribution in [-0.2, 0) is 11.2 Å². The van der Waals surface area contributed by atoms with Gasteiger partial charge in [0.05, 0.1) is 12.0 Å². The number of furan rings is 1. The van der Waals surface area contributed by atoms with E-state index in [1.807, 2.05) is 13.0 Å². The lowest BCUT2D eigenvalue weighted by atomic mass is 9.75. The van der Waals surface area contributed by atoms with E-state index >= 15 is 0 Å². The molecule has 1 aliphatic carbocycles. The molecule has 0 bridgehead atoms. The summed E-state index contributed by atoms with van der Waals surface area (Å²) in [5.41, 5.74) is 1.08. The molecule has 0 fully saturated rings. The summed E-state index contributed by atoms with van der Waals surface area (Å²) in [5, 5.41) is 12.0. The third-order valence-electron chi connectivity index (χ3n) is 4.35. The molecule has 128 valence electrons. The first-order valence-electron chi connectivity index (χ1n) is 7.93. The molecular weight excluding hydrogens is 296 g/mol. The highest BCUT2D eigenvalue weighted by atomic mass is 16.4. The van der Waals surface area contributed by atoms with E-state index < -0.39 is 11.9 Å². The first kappa shape index (κ1) is 17.4. The van der Waals surface area contributed by atoms with Crippen molar-refractivity contribution in [2.24, 2.45) is 11.3 Å². The fourth-order valence-electron chi connectivity index (χ4n) is 3.14. The average molecular weight is 322 g/mol. The van der Waals surface area contributed by atoms with Crippen LogP contribution in [0, 0.1) is 18.3 Å². The zero-order valence-corrected chi connectivity index (χ0v) is 14.5. The van der Waals surface area contributed by atoms with Crippen molar-refractivity contribution in [3.05, 3.63) is 23.2 Å². The molecule has 1 aromatic heterocycles. The first-order chi connectivity index (χ1) is 10.6. The van der Waals surface area contributed by atoms with Gasteiger partial charge < -0.3 is 19.7 Å². The van der Waals surface area contributed by atoms with Gasteiger partial charge in [-0.05, 0) is 24.8 Å². The molecule has 23 heavy (non-hydrogen) atoms. The number of aliphatic carboxylic acids is 1. The Kier molecular flexibility index (Phi) is 4.73. The smallest absolute Gasteiger partial charge is 0.317 e. The van der Waals surface area contributed by atoms with Crippen molar-refractivity contribution in [1.82, 2.24) is 10.2 Å². The standard InChI is InChI=1S/C17H26N2O4/c1-10(15(20)21)9-19(5)16(22)18-13-7-17(3,4)8-14-12(13)6-11(2)23-14/h6,10,13H,7-9H2,1-5H3,(H,18,22)(H,20,21). The average Bonchev–Trinajstić information content (AvgIpc) is 2.77. The lowest BCUT2D eigenvalue weighted by Gasteiger charge is -2.35. The van der Waals surface area contributed by atoms with Gasteiger partial charge in [0.15, 0.2) is 0 Å². The van der Waals surface area contributed by atoms with E-state index in [1.165, 1.54) is 4.90 Å². The number of fused-ring (bicyclic) bond motifs is 1. The van der Waals surface area contributed by atoms with E-state index in [0.29, 0.717) is 0 Å². The zero-order chi connectivity index (χ0) is 17.4. The number of aryl methyl sites for hydroxylation is 1. The van der Waals surface area contributed by atoms with Crippen molar-refractivity contribution in [3.63, 3.8) is 0 Å². The number of urea groups is 1. The number of carboxylic acids is 1. The van der Waals surface area contributed by atoms with Gasteiger partial charge in [-0.25, -0.2) is 4.79 Å². The molecule has 1 aromatic rings. The molecule has 2 atom stereocenters. The van der Waals surface area contributed by atoms with Crippen LogP contribution in [-0.4, -0.2) is 35.6 Å². The van der Waals surface area contributed by atoms with Crippen molar-refractivity contribution in [2.45, 2.75) is 46.6 Å². The highest BCUT2D eigenvalue weighted by Crippen LogP contribution is 2.42. The number of hydrogen-bond acceptors (Lipinski definition) is 3. The largest absolute Gasteiger partial charge is 0.481 e. The summed E-state index contributed by atoms with van der Waals surface area (Å²) in [6.07, 6.45) is 1.68. The Hall–Kier alpha value is -1.98. The molecule has 0 saturated carbocycles. The number of carboxylic acid groups (broad SMARTS) is 1. The highest BCUT2D eigenvalue weighted by Gasteiger charge is 2.36. The molecule has 0 spiro atoms. The summed E-state index contributed by atoms with van der Waals surface area (Å²) in [5.74, 6) is 0.280. The van der Waals surface area contributed by atoms with Gasteiger partial charge in [-0.15, -0.1) is 0 Å². The van der Waals surface area contributed by atoms with Gasteiger partial charge in [-0.1, -0.05) is 20.8 Å². The van der Waals surface area contributed by atoms with E-state index in [9.17, 15) is 9.59 Å². The summed E-state index contributed by atoms with van der Waals surface area (Å²) in [4.78, 5) is 24.7. The molecule has 2 rings (SSSR count). The second kappa shape index (κ2) is 6.26. The molecule has 2 amide bonds. The van der Waals surface area contributed by atoms with Crippen LogP contribution in [0.2, 0.25) is 0 Å². The van der Waals surface area contributed by atoms with E-state index in [2.05, 4.69) is 19.2 Å². The van der Waals surface area contributed by atoms with Gasteiger partial charge in [0.25, 0.3) is 0 Å². The van der Waals surface area contributed by atoms with Crippen molar-refractivity contribution >= 4 is 12.0 Å². The summed E-state index contributed by atoms with van der Waals surface area (Å²) in [7, 11) is 1.62. The highest BCUT2D eigenvalue weighted by molar-refractivity contribution is 5.76. The maximum atomic E-state index is 12.4. The molecule has 1 aliphatic rings. The number of nitrogens with zero attached hydrogens (tertiary/aromatic N) is 1. The van der Waals surface area contributed by atoms with Crippen LogP contribution in [0.3, 0.4) is 0 Å². The summed E-state index contributed by atoms with van der Waals surface area (Å²) >= 11 is 0. The normalized spacial score (nSPS) is 20.5. The Morgan fingerprint density at radius 1 is 1.52 bits per heavy atom. The fraction of sp³-hybridized carbons (Fsp3) is 0.647. The second-order valence-corrected chi connectivity index (χ2v) is 7.40. The summed E-state index contributed by atoms with van der Waals surface area (Å²) in [6.45, 7) is 7.99. The molecule has 6 heteroatoms. The Labute approximate surface area is 136 Å². The monoisotopic (exact) mass is 322 g/mol. The van der Waals surface area contributed by atoms with Crippen molar-refractivity contribution < 1.29 is 19.1 Å². The maximum Gasteiger partial charge on any atom is 0.317 e. The molecule has 0 aromatic carbocycles. The Morgan fingerprint density at radius 2 is 2.17 bits per heavy atom. The van der Waals surface area contributed by atoms with Gasteiger partial charge in [0, 0.05) is 25.6 Å². The van der Waals surface area contributed by atoms with Crippen LogP contribution in [0.4, 0.5) is 4.79 Å². The number of nitrogens with one attached hydrogen (secondary N) is 1. The lowest BCUT2D eigenvalue weighted by Crippen LogP contribution is -2.44. The van der Waals surface area contributed by atoms with Crippen molar-refractivity contribution in [2.75, 3.05) is 13.6 Å². The van der Waals surface area contributed by atoms with Crippen molar-refractivity contribution in [1.29, 1.82) is 0 Å². The van der Waals surface area contributed by atoms with Gasteiger partial charge in [0.2, 0.25) is 0 Å². The van der Waals surface area contributed by atoms with Gasteiger partial charge in [0.1, 0.15) is 11.5 Å². The van der Waals surface area contributed by atoms with E-state index in [1.54, 1.807) is 14.0 Å². The minimum Gasteiger partial charge on any atom is -0.481 e. The Bertz CT molecular complexity index is 606. The SMILES string of the molecule is Cc1cc2c(o1)CC(C)(C)CC2NC(=O)N(C)CC(C)C(=O)O. The third-order valence-corrected chi connectivity index (χ3v) is 4.35. The number of carbonyl (C=O) groups excluding carboxylic acids is 1. The molecule has 1 heterocycles. The molecule has 2 N–H and O–H groups in total. The molecule has 0 aliphatic heterocycles. The van der Waals surface area contributed by atoms with Crippen molar-refractivity contribution in [3.8, 4) is 0 Å². The summed E-state index contributed by atoms with van der Waals surface area (Å²) in [6, 6.07) is 1.61. The zero-order valence-electron chi connectivity index (χ0n) is 14.5. The van der Waals surface area contributed by atoms with Gasteiger partial charge in [-0.3, -0.25) is 4.79 Å². The van der Waals surface area contributed by atoms with Crippen LogP contribution >= 0.6 is 0 Å². The number of rotatable bonds is 4. The third kappa shape index (κ3) is 4.06. The topological polar surface area (TPSA) is 82.8 Å². The Balaban J connectivity index is 2.09. The predicted octanol–water partition coefficient (Wildman–Crippen LogP) is 2.96. The molecule has 6 nitrogen and oxygen atoms in total. The number of carbonyl (C=O) groups is 2. The minimum atomic E-state index is -0.906. The van der Waals surface area contributed by atoms with Crippen LogP contribution in [0.5, 0.6) is 0 Å². The second-order valence-electron chi connectivity index (χ2n) is 7.40. The Morgan fingerprint density at radius 3 is 2.78 bits per heavy atom. The minimum absolute atomic E-state index is 0.0438. The summed E-state index contributed by atoms with van der Waals surface area (Å²) < 4.78 is 5.77. The molecular formula is C17H26N2O4.